The van der Waals surface area contributed by atoms with Crippen LogP contribution in [0, 0.1) is 6.92 Å². The molecule has 0 N–H and O–H groups in total. The van der Waals surface area contributed by atoms with Gasteiger partial charge in [0.1, 0.15) is 17.6 Å². The van der Waals surface area contributed by atoms with Crippen LogP contribution in [0.3, 0.4) is 0 Å². The Kier molecular flexibility index (Phi) is 3.86. The van der Waals surface area contributed by atoms with Gasteiger partial charge in [0.2, 0.25) is 0 Å². The number of rotatable bonds is 5. The molecule has 0 aliphatic rings. The van der Waals surface area contributed by atoms with Crippen molar-refractivity contribution in [1.29, 1.82) is 0 Å². The SMILES string of the molecule is COCCn1c(-c2nc3cc(C=O)ccn3c2C)cc2ccccc21. The van der Waals surface area contributed by atoms with Gasteiger partial charge in [-0.05, 0) is 31.2 Å². The van der Waals surface area contributed by atoms with E-state index in [1.54, 1.807) is 13.2 Å². The summed E-state index contributed by atoms with van der Waals surface area (Å²) in [4.78, 5) is 15.8. The number of benzene rings is 1. The molecule has 0 aliphatic carbocycles. The van der Waals surface area contributed by atoms with Crippen molar-refractivity contribution < 1.29 is 9.53 Å². The third-order valence-corrected chi connectivity index (χ3v) is 4.60. The summed E-state index contributed by atoms with van der Waals surface area (Å²) in [5.74, 6) is 0. The van der Waals surface area contributed by atoms with Gasteiger partial charge < -0.3 is 13.7 Å². The second-order valence-electron chi connectivity index (χ2n) is 6.08. The first kappa shape index (κ1) is 15.6. The van der Waals surface area contributed by atoms with Gasteiger partial charge >= 0.3 is 0 Å². The average molecular weight is 333 g/mol. The number of fused-ring (bicyclic) bond motifs is 2. The van der Waals surface area contributed by atoms with E-state index in [1.807, 2.05) is 35.7 Å². The maximum atomic E-state index is 11.0. The molecule has 1 aromatic carbocycles. The van der Waals surface area contributed by atoms with E-state index in [0.717, 1.165) is 35.6 Å². The van der Waals surface area contributed by atoms with Crippen molar-refractivity contribution in [3.63, 3.8) is 0 Å². The summed E-state index contributed by atoms with van der Waals surface area (Å²) in [7, 11) is 1.71. The van der Waals surface area contributed by atoms with Crippen molar-refractivity contribution >= 4 is 22.8 Å². The number of pyridine rings is 1. The topological polar surface area (TPSA) is 48.5 Å². The van der Waals surface area contributed by atoms with Crippen molar-refractivity contribution in [2.45, 2.75) is 13.5 Å². The summed E-state index contributed by atoms with van der Waals surface area (Å²) in [5.41, 5.74) is 5.61. The number of nitrogens with zero attached hydrogens (tertiary/aromatic N) is 3. The molecule has 126 valence electrons. The zero-order valence-corrected chi connectivity index (χ0v) is 14.3. The van der Waals surface area contributed by atoms with E-state index in [-0.39, 0.29) is 0 Å². The number of ether oxygens (including phenoxy) is 1. The number of carbonyl (C=O) groups is 1. The van der Waals surface area contributed by atoms with Crippen LogP contribution in [0.1, 0.15) is 16.1 Å². The van der Waals surface area contributed by atoms with Crippen LogP contribution in [0.15, 0.2) is 48.7 Å². The van der Waals surface area contributed by atoms with Gasteiger partial charge in [0, 0.05) is 42.0 Å². The first-order chi connectivity index (χ1) is 12.2. The maximum absolute atomic E-state index is 11.0. The fraction of sp³-hybridized carbons (Fsp3) is 0.200. The van der Waals surface area contributed by atoms with Crippen LogP contribution in [0.5, 0.6) is 0 Å². The molecule has 0 bridgehead atoms. The third kappa shape index (κ3) is 2.53. The van der Waals surface area contributed by atoms with E-state index >= 15 is 0 Å². The molecule has 0 saturated heterocycles. The number of hydrogen-bond acceptors (Lipinski definition) is 3. The second kappa shape index (κ2) is 6.18. The van der Waals surface area contributed by atoms with Crippen molar-refractivity contribution in [1.82, 2.24) is 14.0 Å². The normalized spacial score (nSPS) is 11.4. The monoisotopic (exact) mass is 333 g/mol. The van der Waals surface area contributed by atoms with Crippen molar-refractivity contribution in [2.75, 3.05) is 13.7 Å². The largest absolute Gasteiger partial charge is 0.383 e. The van der Waals surface area contributed by atoms with Gasteiger partial charge in [0.25, 0.3) is 0 Å². The third-order valence-electron chi connectivity index (χ3n) is 4.60. The van der Waals surface area contributed by atoms with Crippen LogP contribution in [0.2, 0.25) is 0 Å². The van der Waals surface area contributed by atoms with E-state index in [2.05, 4.69) is 22.8 Å². The minimum atomic E-state index is 0.629. The summed E-state index contributed by atoms with van der Waals surface area (Å²) >= 11 is 0. The van der Waals surface area contributed by atoms with Gasteiger partial charge in [-0.2, -0.15) is 0 Å². The Labute approximate surface area is 145 Å². The van der Waals surface area contributed by atoms with Gasteiger partial charge in [-0.3, -0.25) is 4.79 Å². The molecule has 0 fully saturated rings. The lowest BCUT2D eigenvalue weighted by Gasteiger charge is -2.09. The van der Waals surface area contributed by atoms with Gasteiger partial charge in [0.05, 0.1) is 12.3 Å². The molecule has 0 amide bonds. The number of aldehydes is 1. The van der Waals surface area contributed by atoms with Crippen molar-refractivity contribution in [2.24, 2.45) is 0 Å². The molecular weight excluding hydrogens is 314 g/mol. The number of aromatic nitrogens is 3. The van der Waals surface area contributed by atoms with E-state index in [4.69, 9.17) is 9.72 Å². The van der Waals surface area contributed by atoms with Gasteiger partial charge in [-0.1, -0.05) is 18.2 Å². The van der Waals surface area contributed by atoms with Crippen LogP contribution >= 0.6 is 0 Å². The Morgan fingerprint density at radius 3 is 2.84 bits per heavy atom. The number of imidazole rings is 1. The Bertz CT molecular complexity index is 1080. The fourth-order valence-electron chi connectivity index (χ4n) is 3.33. The quantitative estimate of drug-likeness (QED) is 0.523. The summed E-state index contributed by atoms with van der Waals surface area (Å²) in [5, 5.41) is 1.18. The van der Waals surface area contributed by atoms with Crippen LogP contribution in [0.25, 0.3) is 27.9 Å². The van der Waals surface area contributed by atoms with Crippen LogP contribution in [0.4, 0.5) is 0 Å². The van der Waals surface area contributed by atoms with E-state index in [1.165, 1.54) is 10.9 Å². The summed E-state index contributed by atoms with van der Waals surface area (Å²) in [6.07, 6.45) is 2.74. The highest BCUT2D eigenvalue weighted by Gasteiger charge is 2.17. The molecule has 4 aromatic rings. The lowest BCUT2D eigenvalue weighted by atomic mass is 10.2. The first-order valence-electron chi connectivity index (χ1n) is 8.24. The Balaban J connectivity index is 1.96. The zero-order chi connectivity index (χ0) is 17.4. The molecule has 0 atom stereocenters. The minimum Gasteiger partial charge on any atom is -0.383 e. The highest BCUT2D eigenvalue weighted by atomic mass is 16.5. The fourth-order valence-corrected chi connectivity index (χ4v) is 3.33. The summed E-state index contributed by atoms with van der Waals surface area (Å²) in [6.45, 7) is 3.44. The zero-order valence-electron chi connectivity index (χ0n) is 14.3. The number of carbonyl (C=O) groups excluding carboxylic acids is 1. The minimum absolute atomic E-state index is 0.629. The maximum Gasteiger partial charge on any atom is 0.150 e. The molecule has 0 spiro atoms. The number of hydrogen-bond donors (Lipinski definition) is 0. The first-order valence-corrected chi connectivity index (χ1v) is 8.24. The smallest absolute Gasteiger partial charge is 0.150 e. The van der Waals surface area contributed by atoms with Gasteiger partial charge in [-0.25, -0.2) is 4.98 Å². The predicted octanol–water partition coefficient (Wildman–Crippen LogP) is 3.72. The lowest BCUT2D eigenvalue weighted by Crippen LogP contribution is -2.06. The molecule has 3 heterocycles. The second-order valence-corrected chi connectivity index (χ2v) is 6.08. The van der Waals surface area contributed by atoms with E-state index < -0.39 is 0 Å². The van der Waals surface area contributed by atoms with Crippen LogP contribution < -0.4 is 0 Å². The molecule has 0 radical (unpaired) electrons. The van der Waals surface area contributed by atoms with E-state index in [9.17, 15) is 4.79 Å². The Hall–Kier alpha value is -2.92. The molecule has 0 saturated carbocycles. The molecule has 25 heavy (non-hydrogen) atoms. The van der Waals surface area contributed by atoms with Gasteiger partial charge in [-0.15, -0.1) is 0 Å². The predicted molar refractivity (Wildman–Crippen MR) is 98.1 cm³/mol. The van der Waals surface area contributed by atoms with Crippen molar-refractivity contribution in [3.05, 3.63) is 59.9 Å². The number of aryl methyl sites for hydroxylation is 1. The van der Waals surface area contributed by atoms with E-state index in [0.29, 0.717) is 12.2 Å². The molecule has 3 aromatic heterocycles. The average Bonchev–Trinajstić information content (AvgIpc) is 3.17. The molecular formula is C20H19N3O2. The summed E-state index contributed by atoms with van der Waals surface area (Å²) in [6, 6.07) is 14.1. The Morgan fingerprint density at radius 1 is 1.20 bits per heavy atom. The standard InChI is InChI=1S/C20H19N3O2/c1-14-20(21-19-11-15(13-24)7-8-22(14)19)18-12-16-5-3-4-6-17(16)23(18)9-10-25-2/h3-8,11-13H,9-10H2,1-2H3. The molecule has 0 aliphatic heterocycles. The number of para-hydroxylation sites is 1. The molecule has 5 nitrogen and oxygen atoms in total. The number of methoxy groups -OCH3 is 1. The highest BCUT2D eigenvalue weighted by molar-refractivity contribution is 5.87. The molecule has 4 rings (SSSR count). The highest BCUT2D eigenvalue weighted by Crippen LogP contribution is 2.30. The van der Waals surface area contributed by atoms with Crippen molar-refractivity contribution in [3.8, 4) is 11.4 Å². The van der Waals surface area contributed by atoms with Crippen LogP contribution in [-0.2, 0) is 11.3 Å². The van der Waals surface area contributed by atoms with Crippen LogP contribution in [-0.4, -0.2) is 34.0 Å². The molecule has 5 heteroatoms. The van der Waals surface area contributed by atoms with Gasteiger partial charge in [0.15, 0.2) is 0 Å². The Morgan fingerprint density at radius 2 is 2.04 bits per heavy atom. The summed E-state index contributed by atoms with van der Waals surface area (Å²) < 4.78 is 9.55. The lowest BCUT2D eigenvalue weighted by molar-refractivity contribution is 0.112. The molecule has 0 unspecified atom stereocenters.